The van der Waals surface area contributed by atoms with Crippen LogP contribution in [0.25, 0.3) is 0 Å². The lowest BCUT2D eigenvalue weighted by molar-refractivity contribution is -0.117. The molecule has 0 bridgehead atoms. The molecular weight excluding hydrogens is 184 g/mol. The van der Waals surface area contributed by atoms with Gasteiger partial charge in [-0.3, -0.25) is 0 Å². The Bertz CT molecular complexity index is 171. The molecule has 0 radical (unpaired) electrons. The summed E-state index contributed by atoms with van der Waals surface area (Å²) in [6.45, 7) is 2.52. The number of hydrogen-bond donors (Lipinski definition) is 2. The first kappa shape index (κ1) is 12.4. The Kier molecular flexibility index (Phi) is 7.59. The highest BCUT2D eigenvalue weighted by molar-refractivity contribution is 7.80. The maximum absolute atomic E-state index is 10.6. The second-order valence-corrected chi connectivity index (χ2v) is 3.43. The number of rotatable bonds is 6. The van der Waals surface area contributed by atoms with Gasteiger partial charge in [-0.2, -0.15) is 0 Å². The first-order valence-corrected chi connectivity index (χ1v) is 5.02. The fraction of sp³-hybridized carbons (Fsp3) is 0.778. The van der Waals surface area contributed by atoms with Crippen LogP contribution in [0.1, 0.15) is 32.6 Å². The monoisotopic (exact) mass is 202 g/mol. The molecule has 0 aliphatic carbocycles. The lowest BCUT2D eigenvalue weighted by Crippen LogP contribution is -2.32. The maximum atomic E-state index is 10.6. The van der Waals surface area contributed by atoms with Crippen molar-refractivity contribution in [1.82, 2.24) is 10.6 Å². The first-order chi connectivity index (χ1) is 6.16. The van der Waals surface area contributed by atoms with Crippen LogP contribution < -0.4 is 10.6 Å². The van der Waals surface area contributed by atoms with Crippen LogP contribution in [-0.4, -0.2) is 24.5 Å². The highest BCUT2D eigenvalue weighted by atomic mass is 32.1. The van der Waals surface area contributed by atoms with Gasteiger partial charge in [0.1, 0.15) is 5.78 Å². The van der Waals surface area contributed by atoms with Gasteiger partial charge in [0, 0.05) is 20.0 Å². The van der Waals surface area contributed by atoms with Crippen molar-refractivity contribution in [1.29, 1.82) is 0 Å². The van der Waals surface area contributed by atoms with E-state index < -0.39 is 0 Å². The molecule has 0 rings (SSSR count). The zero-order chi connectivity index (χ0) is 10.1. The van der Waals surface area contributed by atoms with Crippen LogP contribution in [-0.2, 0) is 4.79 Å². The van der Waals surface area contributed by atoms with Crippen molar-refractivity contribution in [3.8, 4) is 0 Å². The molecule has 0 amide bonds. The van der Waals surface area contributed by atoms with E-state index in [9.17, 15) is 4.79 Å². The normalized spacial score (nSPS) is 9.38. The Morgan fingerprint density at radius 2 is 2.00 bits per heavy atom. The minimum absolute atomic E-state index is 0.277. The molecule has 76 valence electrons. The minimum atomic E-state index is 0.277. The van der Waals surface area contributed by atoms with Crippen molar-refractivity contribution >= 4 is 23.1 Å². The van der Waals surface area contributed by atoms with Gasteiger partial charge in [0.25, 0.3) is 0 Å². The van der Waals surface area contributed by atoms with Crippen LogP contribution >= 0.6 is 12.2 Å². The van der Waals surface area contributed by atoms with Gasteiger partial charge in [0.05, 0.1) is 0 Å². The summed E-state index contributed by atoms with van der Waals surface area (Å²) in [4.78, 5) is 10.6. The molecule has 0 fully saturated rings. The SMILES string of the molecule is CNC(=S)NCCCCCC(C)=O. The number of unbranched alkanes of at least 4 members (excludes halogenated alkanes) is 2. The van der Waals surface area contributed by atoms with E-state index in [1.165, 1.54) is 0 Å². The molecule has 0 saturated carbocycles. The molecule has 2 N–H and O–H groups in total. The first-order valence-electron chi connectivity index (χ1n) is 4.62. The maximum Gasteiger partial charge on any atom is 0.166 e. The van der Waals surface area contributed by atoms with E-state index in [1.54, 1.807) is 14.0 Å². The second-order valence-electron chi connectivity index (χ2n) is 3.02. The average Bonchev–Trinajstić information content (AvgIpc) is 2.10. The summed E-state index contributed by atoms with van der Waals surface area (Å²) in [5, 5.41) is 6.58. The van der Waals surface area contributed by atoms with E-state index in [1.807, 2.05) is 0 Å². The third-order valence-corrected chi connectivity index (χ3v) is 2.07. The third-order valence-electron chi connectivity index (χ3n) is 1.72. The minimum Gasteiger partial charge on any atom is -0.366 e. The third kappa shape index (κ3) is 9.27. The van der Waals surface area contributed by atoms with Crippen LogP contribution in [0.15, 0.2) is 0 Å². The van der Waals surface area contributed by atoms with Crippen molar-refractivity contribution in [2.45, 2.75) is 32.6 Å². The number of thiocarbonyl (C=S) groups is 1. The lowest BCUT2D eigenvalue weighted by atomic mass is 10.1. The average molecular weight is 202 g/mol. The van der Waals surface area contributed by atoms with Gasteiger partial charge in [-0.25, -0.2) is 0 Å². The van der Waals surface area contributed by atoms with E-state index in [0.717, 1.165) is 25.8 Å². The van der Waals surface area contributed by atoms with Crippen molar-refractivity contribution in [3.63, 3.8) is 0 Å². The number of Topliss-reactive ketones (excluding diaryl/α,β-unsaturated/α-hetero) is 1. The second kappa shape index (κ2) is 7.98. The highest BCUT2D eigenvalue weighted by Gasteiger charge is 1.94. The molecule has 4 heteroatoms. The van der Waals surface area contributed by atoms with Crippen LogP contribution in [0.3, 0.4) is 0 Å². The van der Waals surface area contributed by atoms with Crippen molar-refractivity contribution < 1.29 is 4.79 Å². The van der Waals surface area contributed by atoms with Crippen LogP contribution in [0, 0.1) is 0 Å². The quantitative estimate of drug-likeness (QED) is 0.502. The number of nitrogens with one attached hydrogen (secondary N) is 2. The molecule has 0 aliphatic rings. The van der Waals surface area contributed by atoms with E-state index in [0.29, 0.717) is 11.5 Å². The van der Waals surface area contributed by atoms with Gasteiger partial charge >= 0.3 is 0 Å². The molecule has 13 heavy (non-hydrogen) atoms. The summed E-state index contributed by atoms with van der Waals surface area (Å²) < 4.78 is 0. The standard InChI is InChI=1S/C9H18N2OS/c1-8(12)6-4-3-5-7-11-9(13)10-2/h3-7H2,1-2H3,(H2,10,11,13). The molecule has 0 unspecified atom stereocenters. The zero-order valence-electron chi connectivity index (χ0n) is 8.35. The Morgan fingerprint density at radius 1 is 1.31 bits per heavy atom. The molecule has 0 aromatic heterocycles. The molecular formula is C9H18N2OS. The Labute approximate surface area is 85.3 Å². The molecule has 0 saturated heterocycles. The van der Waals surface area contributed by atoms with Crippen LogP contribution in [0.4, 0.5) is 0 Å². The fourth-order valence-corrected chi connectivity index (χ4v) is 1.07. The van der Waals surface area contributed by atoms with E-state index in [2.05, 4.69) is 10.6 Å². The van der Waals surface area contributed by atoms with Crippen LogP contribution in [0.2, 0.25) is 0 Å². The van der Waals surface area contributed by atoms with E-state index >= 15 is 0 Å². The zero-order valence-corrected chi connectivity index (χ0v) is 9.17. The number of ketones is 1. The molecule has 0 aromatic carbocycles. The topological polar surface area (TPSA) is 41.1 Å². The van der Waals surface area contributed by atoms with Gasteiger partial charge in [0.15, 0.2) is 5.11 Å². The molecule has 0 atom stereocenters. The molecule has 0 aliphatic heterocycles. The van der Waals surface area contributed by atoms with Crippen molar-refractivity contribution in [2.24, 2.45) is 0 Å². The lowest BCUT2D eigenvalue weighted by Gasteiger charge is -2.05. The molecule has 3 nitrogen and oxygen atoms in total. The number of hydrogen-bond acceptors (Lipinski definition) is 2. The highest BCUT2D eigenvalue weighted by Crippen LogP contribution is 1.98. The van der Waals surface area contributed by atoms with Gasteiger partial charge in [-0.1, -0.05) is 6.42 Å². The van der Waals surface area contributed by atoms with Gasteiger partial charge in [0.2, 0.25) is 0 Å². The Hall–Kier alpha value is -0.640. The molecule has 0 aromatic rings. The largest absolute Gasteiger partial charge is 0.366 e. The predicted octanol–water partition coefficient (Wildman–Crippen LogP) is 1.23. The summed E-state index contributed by atoms with van der Waals surface area (Å²) in [5.74, 6) is 0.277. The smallest absolute Gasteiger partial charge is 0.166 e. The Balaban J connectivity index is 3.08. The van der Waals surface area contributed by atoms with Gasteiger partial charge < -0.3 is 15.4 Å². The Morgan fingerprint density at radius 3 is 2.54 bits per heavy atom. The predicted molar refractivity (Wildman–Crippen MR) is 58.8 cm³/mol. The summed E-state index contributed by atoms with van der Waals surface area (Å²) >= 11 is 4.90. The number of carbonyl (C=O) groups excluding carboxylic acids is 1. The summed E-state index contributed by atoms with van der Waals surface area (Å²) in [6, 6.07) is 0. The summed E-state index contributed by atoms with van der Waals surface area (Å²) in [6.07, 6.45) is 3.84. The molecule has 0 spiro atoms. The molecule has 0 heterocycles. The summed E-state index contributed by atoms with van der Waals surface area (Å²) in [5.41, 5.74) is 0. The van der Waals surface area contributed by atoms with E-state index in [-0.39, 0.29) is 5.78 Å². The van der Waals surface area contributed by atoms with Crippen molar-refractivity contribution in [3.05, 3.63) is 0 Å². The van der Waals surface area contributed by atoms with Crippen LogP contribution in [0.5, 0.6) is 0 Å². The number of carbonyl (C=O) groups is 1. The van der Waals surface area contributed by atoms with Gasteiger partial charge in [-0.05, 0) is 32.0 Å². The van der Waals surface area contributed by atoms with Crippen molar-refractivity contribution in [2.75, 3.05) is 13.6 Å². The van der Waals surface area contributed by atoms with E-state index in [4.69, 9.17) is 12.2 Å². The fourth-order valence-electron chi connectivity index (χ4n) is 0.966. The summed E-state index contributed by atoms with van der Waals surface area (Å²) in [7, 11) is 1.80. The van der Waals surface area contributed by atoms with Gasteiger partial charge in [-0.15, -0.1) is 0 Å².